The molecule has 0 unspecified atom stereocenters. The predicted octanol–water partition coefficient (Wildman–Crippen LogP) is 4.76. The minimum atomic E-state index is -0.339. The number of benzene rings is 1. The van der Waals surface area contributed by atoms with Gasteiger partial charge in [0.15, 0.2) is 5.60 Å². The number of rotatable bonds is 2. The summed E-state index contributed by atoms with van der Waals surface area (Å²) in [6.45, 7) is 2.07. The normalized spacial score (nSPS) is 25.8. The van der Waals surface area contributed by atoms with Gasteiger partial charge in [0.2, 0.25) is 0 Å². The van der Waals surface area contributed by atoms with E-state index in [1.165, 1.54) is 11.1 Å². The van der Waals surface area contributed by atoms with Crippen molar-refractivity contribution in [1.29, 1.82) is 0 Å². The fourth-order valence-electron chi connectivity index (χ4n) is 2.49. The van der Waals surface area contributed by atoms with Crippen molar-refractivity contribution in [2.45, 2.75) is 31.8 Å². The maximum absolute atomic E-state index is 5.54. The van der Waals surface area contributed by atoms with Gasteiger partial charge in [-0.3, -0.25) is 0 Å². The van der Waals surface area contributed by atoms with Crippen molar-refractivity contribution < 1.29 is 4.84 Å². The lowest BCUT2D eigenvalue weighted by Gasteiger charge is -2.22. The maximum Gasteiger partial charge on any atom is 0.166 e. The smallest absolute Gasteiger partial charge is 0.166 e. The van der Waals surface area contributed by atoms with Crippen LogP contribution < -0.4 is 0 Å². The van der Waals surface area contributed by atoms with Crippen LogP contribution in [0, 0.1) is 0 Å². The molecule has 1 atom stereocenters. The lowest BCUT2D eigenvalue weighted by Crippen LogP contribution is -2.20. The quantitative estimate of drug-likeness (QED) is 0.770. The van der Waals surface area contributed by atoms with E-state index in [2.05, 4.69) is 70.5 Å². The molecule has 0 bridgehead atoms. The third-order valence-electron chi connectivity index (χ3n) is 3.65. The molecule has 0 spiro atoms. The van der Waals surface area contributed by atoms with Crippen LogP contribution in [-0.4, -0.2) is 4.62 Å². The number of oxime groups is 1. The lowest BCUT2D eigenvalue weighted by atomic mass is 9.91. The highest BCUT2D eigenvalue weighted by Crippen LogP contribution is 2.36. The summed E-state index contributed by atoms with van der Waals surface area (Å²) in [7, 11) is 0. The van der Waals surface area contributed by atoms with Gasteiger partial charge in [-0.15, -0.1) is 0 Å². The summed E-state index contributed by atoms with van der Waals surface area (Å²) in [5.74, 6) is 0. The van der Waals surface area contributed by atoms with E-state index in [0.717, 1.165) is 29.4 Å². The molecule has 1 aromatic rings. The Morgan fingerprint density at radius 2 is 2.00 bits per heavy atom. The van der Waals surface area contributed by atoms with Crippen LogP contribution in [0.1, 0.15) is 37.3 Å². The first-order valence-corrected chi connectivity index (χ1v) is 7.35. The topological polar surface area (TPSA) is 21.6 Å². The lowest BCUT2D eigenvalue weighted by molar-refractivity contribution is -0.00738. The Hall–Kier alpha value is -1.35. The summed E-state index contributed by atoms with van der Waals surface area (Å²) in [6.07, 6.45) is 9.80. The van der Waals surface area contributed by atoms with Gasteiger partial charge in [0.25, 0.3) is 0 Å². The molecule has 0 fully saturated rings. The second-order valence-corrected chi connectivity index (χ2v) is 6.10. The average Bonchev–Trinajstić information content (AvgIpc) is 2.81. The van der Waals surface area contributed by atoms with Gasteiger partial charge in [0, 0.05) is 6.42 Å². The number of hydrogen-bond donors (Lipinski definition) is 0. The van der Waals surface area contributed by atoms with Crippen molar-refractivity contribution in [2.75, 3.05) is 0 Å². The molecule has 1 aliphatic heterocycles. The molecule has 0 saturated carbocycles. The summed E-state index contributed by atoms with van der Waals surface area (Å²) in [6, 6.07) is 8.61. The molecule has 3 rings (SSSR count). The third kappa shape index (κ3) is 2.52. The second-order valence-electron chi connectivity index (χ2n) is 5.18. The molecule has 1 aromatic carbocycles. The Labute approximate surface area is 122 Å². The summed E-state index contributed by atoms with van der Waals surface area (Å²) in [4.78, 5) is 5.54. The molecule has 0 N–H and O–H groups in total. The van der Waals surface area contributed by atoms with Crippen LogP contribution in [0.25, 0.3) is 5.57 Å². The number of hydrogen-bond acceptors (Lipinski definition) is 2. The highest BCUT2D eigenvalue weighted by molar-refractivity contribution is 9.18. The molecule has 2 nitrogen and oxygen atoms in total. The molecule has 0 amide bonds. The van der Waals surface area contributed by atoms with Crippen LogP contribution >= 0.6 is 15.9 Å². The van der Waals surface area contributed by atoms with Crippen molar-refractivity contribution in [2.24, 2.45) is 5.16 Å². The number of allylic oxidation sites excluding steroid dienone is 4. The zero-order valence-corrected chi connectivity index (χ0v) is 12.5. The molecule has 0 radical (unpaired) electrons. The summed E-state index contributed by atoms with van der Waals surface area (Å²) in [5, 5.41) is 3.99. The first kappa shape index (κ1) is 12.7. The van der Waals surface area contributed by atoms with Crippen LogP contribution in [-0.2, 0) is 10.4 Å². The standard InChI is InChI=1S/C16H16BrNO/c1-16(11-15(17)18-19-16)14-9-7-13(8-10-14)12-5-3-2-4-6-12/h3,5-10H,2,4,11H2,1H3/t16-/m0/s1. The van der Waals surface area contributed by atoms with E-state index in [4.69, 9.17) is 4.84 Å². The monoisotopic (exact) mass is 317 g/mol. The van der Waals surface area contributed by atoms with E-state index >= 15 is 0 Å². The Balaban J connectivity index is 1.83. The molecule has 1 aliphatic carbocycles. The Morgan fingerprint density at radius 1 is 1.21 bits per heavy atom. The van der Waals surface area contributed by atoms with Gasteiger partial charge in [-0.05, 0) is 52.4 Å². The van der Waals surface area contributed by atoms with Crippen molar-refractivity contribution in [3.63, 3.8) is 0 Å². The molecule has 2 aliphatic rings. The van der Waals surface area contributed by atoms with Gasteiger partial charge in [0.05, 0.1) is 0 Å². The van der Waals surface area contributed by atoms with E-state index in [0.29, 0.717) is 0 Å². The fourth-order valence-corrected chi connectivity index (χ4v) is 3.10. The third-order valence-corrected chi connectivity index (χ3v) is 4.08. The molecule has 0 aromatic heterocycles. The van der Waals surface area contributed by atoms with Crippen LogP contribution in [0.15, 0.2) is 47.6 Å². The molecule has 98 valence electrons. The SMILES string of the molecule is C[C@@]1(c2ccc(C3=CCCC=C3)cc2)CC(Br)=NO1. The maximum atomic E-state index is 5.54. The van der Waals surface area contributed by atoms with Gasteiger partial charge in [0.1, 0.15) is 4.62 Å². The highest BCUT2D eigenvalue weighted by Gasteiger charge is 2.35. The molecule has 1 heterocycles. The number of nitrogens with zero attached hydrogens (tertiary/aromatic N) is 1. The van der Waals surface area contributed by atoms with Crippen LogP contribution in [0.4, 0.5) is 0 Å². The largest absolute Gasteiger partial charge is 0.383 e. The van der Waals surface area contributed by atoms with E-state index in [9.17, 15) is 0 Å². The van der Waals surface area contributed by atoms with Crippen molar-refractivity contribution in [3.8, 4) is 0 Å². The fraction of sp³-hybridized carbons (Fsp3) is 0.312. The Morgan fingerprint density at radius 3 is 2.58 bits per heavy atom. The zero-order chi connectivity index (χ0) is 13.3. The summed E-state index contributed by atoms with van der Waals surface area (Å²) >= 11 is 3.39. The van der Waals surface area contributed by atoms with E-state index < -0.39 is 0 Å². The van der Waals surface area contributed by atoms with E-state index in [1.807, 2.05) is 0 Å². The average molecular weight is 318 g/mol. The first-order valence-electron chi connectivity index (χ1n) is 6.55. The Bertz CT molecular complexity index is 571. The second kappa shape index (κ2) is 4.97. The van der Waals surface area contributed by atoms with Crippen LogP contribution in [0.5, 0.6) is 0 Å². The highest BCUT2D eigenvalue weighted by atomic mass is 79.9. The summed E-state index contributed by atoms with van der Waals surface area (Å²) in [5.41, 5.74) is 3.40. The predicted molar refractivity (Wildman–Crippen MR) is 82.2 cm³/mol. The first-order chi connectivity index (χ1) is 9.17. The minimum absolute atomic E-state index is 0.339. The van der Waals surface area contributed by atoms with Crippen molar-refractivity contribution >= 4 is 26.1 Å². The minimum Gasteiger partial charge on any atom is -0.383 e. The van der Waals surface area contributed by atoms with Crippen molar-refractivity contribution in [1.82, 2.24) is 0 Å². The van der Waals surface area contributed by atoms with Crippen LogP contribution in [0.3, 0.4) is 0 Å². The molecule has 3 heteroatoms. The van der Waals surface area contributed by atoms with Gasteiger partial charge < -0.3 is 4.84 Å². The van der Waals surface area contributed by atoms with E-state index in [-0.39, 0.29) is 5.60 Å². The van der Waals surface area contributed by atoms with Gasteiger partial charge in [-0.2, -0.15) is 0 Å². The Kier molecular flexibility index (Phi) is 3.31. The van der Waals surface area contributed by atoms with E-state index in [1.54, 1.807) is 0 Å². The van der Waals surface area contributed by atoms with Crippen molar-refractivity contribution in [3.05, 3.63) is 53.6 Å². The zero-order valence-electron chi connectivity index (χ0n) is 10.9. The van der Waals surface area contributed by atoms with Crippen LogP contribution in [0.2, 0.25) is 0 Å². The van der Waals surface area contributed by atoms with Gasteiger partial charge >= 0.3 is 0 Å². The van der Waals surface area contributed by atoms with Gasteiger partial charge in [-0.25, -0.2) is 0 Å². The summed E-state index contributed by atoms with van der Waals surface area (Å²) < 4.78 is 0.872. The molecule has 19 heavy (non-hydrogen) atoms. The molecule has 0 saturated heterocycles. The number of halogens is 1. The molecular formula is C16H16BrNO. The van der Waals surface area contributed by atoms with Gasteiger partial charge in [-0.1, -0.05) is 47.6 Å². The molecular weight excluding hydrogens is 302 g/mol.